The molecule has 1 aliphatic carbocycles. The number of nitrogens with zero attached hydrogens (tertiary/aromatic N) is 1. The van der Waals surface area contributed by atoms with E-state index in [4.69, 9.17) is 4.74 Å². The number of ether oxygens (including phenoxy) is 1. The van der Waals surface area contributed by atoms with Gasteiger partial charge < -0.3 is 20.7 Å². The molecule has 3 amide bonds. The maximum atomic E-state index is 13.9. The fourth-order valence-electron chi connectivity index (χ4n) is 4.22. The van der Waals surface area contributed by atoms with E-state index in [1.54, 1.807) is 0 Å². The lowest BCUT2D eigenvalue weighted by Gasteiger charge is -2.29. The first-order chi connectivity index (χ1) is 17.9. The van der Waals surface area contributed by atoms with Gasteiger partial charge in [0.2, 0.25) is 0 Å². The SMILES string of the molecule is O=C(NC[C@H]1CC[C@H](NC(=O)c2n[nH]cc2NC(=O)c2c(F)cccc2F)CC1)OCc1ccccc1. The van der Waals surface area contributed by atoms with Crippen LogP contribution < -0.4 is 16.0 Å². The minimum Gasteiger partial charge on any atom is -0.445 e. The molecule has 4 rings (SSSR count). The average Bonchev–Trinajstić information content (AvgIpc) is 3.36. The lowest BCUT2D eigenvalue weighted by molar-refractivity contribution is 0.0917. The number of aromatic amines is 1. The van der Waals surface area contributed by atoms with Crippen molar-refractivity contribution in [3.63, 3.8) is 0 Å². The van der Waals surface area contributed by atoms with E-state index in [0.717, 1.165) is 36.6 Å². The maximum absolute atomic E-state index is 13.9. The third-order valence-electron chi connectivity index (χ3n) is 6.22. The molecule has 3 aromatic rings. The Balaban J connectivity index is 1.21. The third kappa shape index (κ3) is 6.90. The fraction of sp³-hybridized carbons (Fsp3) is 0.308. The quantitative estimate of drug-likeness (QED) is 0.362. The van der Waals surface area contributed by atoms with Crippen LogP contribution in [0.4, 0.5) is 19.3 Å². The second kappa shape index (κ2) is 12.1. The molecule has 2 aromatic carbocycles. The molecule has 0 radical (unpaired) electrons. The van der Waals surface area contributed by atoms with Crippen LogP contribution in [0, 0.1) is 17.6 Å². The van der Waals surface area contributed by atoms with Gasteiger partial charge in [-0.1, -0.05) is 36.4 Å². The second-order valence-electron chi connectivity index (χ2n) is 8.83. The van der Waals surface area contributed by atoms with Crippen LogP contribution in [0.25, 0.3) is 0 Å². The van der Waals surface area contributed by atoms with Crippen molar-refractivity contribution in [3.8, 4) is 0 Å². The first-order valence-corrected chi connectivity index (χ1v) is 11.9. The number of hydrogen-bond donors (Lipinski definition) is 4. The van der Waals surface area contributed by atoms with Crippen LogP contribution >= 0.6 is 0 Å². The lowest BCUT2D eigenvalue weighted by atomic mass is 9.86. The zero-order valence-electron chi connectivity index (χ0n) is 19.9. The fourth-order valence-corrected chi connectivity index (χ4v) is 4.22. The molecule has 1 heterocycles. The van der Waals surface area contributed by atoms with Gasteiger partial charge in [0.15, 0.2) is 5.69 Å². The molecule has 0 atom stereocenters. The van der Waals surface area contributed by atoms with Gasteiger partial charge in [-0.15, -0.1) is 0 Å². The van der Waals surface area contributed by atoms with Crippen molar-refractivity contribution in [2.24, 2.45) is 5.92 Å². The normalized spacial score (nSPS) is 17.0. The van der Waals surface area contributed by atoms with E-state index in [9.17, 15) is 23.2 Å². The number of carbonyl (C=O) groups is 3. The number of benzene rings is 2. The van der Waals surface area contributed by atoms with Gasteiger partial charge in [0.25, 0.3) is 11.8 Å². The van der Waals surface area contributed by atoms with Crippen LogP contribution in [0.15, 0.2) is 54.7 Å². The molecule has 1 aliphatic rings. The van der Waals surface area contributed by atoms with Gasteiger partial charge in [0.05, 0.1) is 5.69 Å². The van der Waals surface area contributed by atoms with Crippen LogP contribution in [-0.2, 0) is 11.3 Å². The van der Waals surface area contributed by atoms with Crippen molar-refractivity contribution < 1.29 is 27.9 Å². The Morgan fingerprint density at radius 1 is 0.946 bits per heavy atom. The van der Waals surface area contributed by atoms with Gasteiger partial charge in [0, 0.05) is 18.8 Å². The number of alkyl carbamates (subject to hydrolysis) is 1. The summed E-state index contributed by atoms with van der Waals surface area (Å²) in [5, 5.41) is 14.4. The summed E-state index contributed by atoms with van der Waals surface area (Å²) < 4.78 is 33.0. The Bertz CT molecular complexity index is 1220. The smallest absolute Gasteiger partial charge is 0.407 e. The molecule has 0 saturated heterocycles. The highest BCUT2D eigenvalue weighted by Crippen LogP contribution is 2.25. The molecule has 1 fully saturated rings. The molecule has 37 heavy (non-hydrogen) atoms. The van der Waals surface area contributed by atoms with E-state index in [1.807, 2.05) is 30.3 Å². The second-order valence-corrected chi connectivity index (χ2v) is 8.83. The average molecular weight is 512 g/mol. The van der Waals surface area contributed by atoms with E-state index in [1.165, 1.54) is 6.20 Å². The summed E-state index contributed by atoms with van der Waals surface area (Å²) in [7, 11) is 0. The summed E-state index contributed by atoms with van der Waals surface area (Å²) in [6.45, 7) is 0.687. The number of nitrogens with one attached hydrogen (secondary N) is 4. The molecule has 1 saturated carbocycles. The molecule has 4 N–H and O–H groups in total. The van der Waals surface area contributed by atoms with Crippen LogP contribution in [0.5, 0.6) is 0 Å². The van der Waals surface area contributed by atoms with Crippen molar-refractivity contribution in [3.05, 3.63) is 83.2 Å². The van der Waals surface area contributed by atoms with Gasteiger partial charge in [-0.25, -0.2) is 13.6 Å². The molecule has 1 aromatic heterocycles. The summed E-state index contributed by atoms with van der Waals surface area (Å²) in [6.07, 6.45) is 3.78. The lowest BCUT2D eigenvalue weighted by Crippen LogP contribution is -2.40. The zero-order chi connectivity index (χ0) is 26.2. The van der Waals surface area contributed by atoms with E-state index in [2.05, 4.69) is 26.1 Å². The van der Waals surface area contributed by atoms with Crippen LogP contribution in [-0.4, -0.2) is 40.7 Å². The molecule has 0 bridgehead atoms. The first kappa shape index (κ1) is 25.8. The van der Waals surface area contributed by atoms with E-state index >= 15 is 0 Å². The molecule has 9 nitrogen and oxygen atoms in total. The highest BCUT2D eigenvalue weighted by molar-refractivity contribution is 6.08. The highest BCUT2D eigenvalue weighted by atomic mass is 19.1. The van der Waals surface area contributed by atoms with Gasteiger partial charge >= 0.3 is 6.09 Å². The maximum Gasteiger partial charge on any atom is 0.407 e. The Morgan fingerprint density at radius 2 is 1.65 bits per heavy atom. The predicted molar refractivity (Wildman–Crippen MR) is 131 cm³/mol. The molecular weight excluding hydrogens is 484 g/mol. The number of hydrogen-bond acceptors (Lipinski definition) is 5. The predicted octanol–water partition coefficient (Wildman–Crippen LogP) is 4.16. The molecule has 0 spiro atoms. The number of carbonyl (C=O) groups excluding carboxylic acids is 3. The molecule has 0 unspecified atom stereocenters. The molecule has 0 aliphatic heterocycles. The minimum absolute atomic E-state index is 0.0112. The molecule has 11 heteroatoms. The van der Waals surface area contributed by atoms with Crippen molar-refractivity contribution in [2.75, 3.05) is 11.9 Å². The Morgan fingerprint density at radius 3 is 2.35 bits per heavy atom. The van der Waals surface area contributed by atoms with Crippen molar-refractivity contribution in [1.82, 2.24) is 20.8 Å². The van der Waals surface area contributed by atoms with Crippen LogP contribution in [0.3, 0.4) is 0 Å². The Kier molecular flexibility index (Phi) is 8.44. The molecule has 194 valence electrons. The number of aromatic nitrogens is 2. The molecular formula is C26H27F2N5O4. The minimum atomic E-state index is -1.03. The monoisotopic (exact) mass is 511 g/mol. The van der Waals surface area contributed by atoms with Crippen molar-refractivity contribution >= 4 is 23.6 Å². The van der Waals surface area contributed by atoms with Gasteiger partial charge in [-0.3, -0.25) is 14.7 Å². The third-order valence-corrected chi connectivity index (χ3v) is 6.22. The van der Waals surface area contributed by atoms with Gasteiger partial charge in [-0.2, -0.15) is 5.10 Å². The van der Waals surface area contributed by atoms with Crippen molar-refractivity contribution in [1.29, 1.82) is 0 Å². The van der Waals surface area contributed by atoms with Gasteiger partial charge in [0.1, 0.15) is 23.8 Å². The summed E-state index contributed by atoms with van der Waals surface area (Å²) in [6, 6.07) is 12.4. The van der Waals surface area contributed by atoms with E-state index in [0.29, 0.717) is 19.4 Å². The van der Waals surface area contributed by atoms with Gasteiger partial charge in [-0.05, 0) is 49.3 Å². The standard InChI is InChI=1S/C26H27F2N5O4/c27-19-7-4-8-20(28)22(19)24(34)32-21-14-30-33-23(21)25(35)31-18-11-9-16(10-12-18)13-29-26(36)37-15-17-5-2-1-3-6-17/h1-8,14,16,18H,9-13,15H2,(H,29,36)(H,30,33)(H,31,35)(H,32,34)/t16-,18-. The number of amides is 3. The Hall–Kier alpha value is -4.28. The largest absolute Gasteiger partial charge is 0.445 e. The summed E-state index contributed by atoms with van der Waals surface area (Å²) in [5.41, 5.74) is 0.0889. The highest BCUT2D eigenvalue weighted by Gasteiger charge is 2.26. The van der Waals surface area contributed by atoms with E-state index in [-0.39, 0.29) is 29.9 Å². The number of rotatable bonds is 8. The first-order valence-electron chi connectivity index (χ1n) is 11.9. The summed E-state index contributed by atoms with van der Waals surface area (Å²) in [5.74, 6) is -3.31. The summed E-state index contributed by atoms with van der Waals surface area (Å²) >= 11 is 0. The topological polar surface area (TPSA) is 125 Å². The van der Waals surface area contributed by atoms with E-state index < -0.39 is 35.1 Å². The Labute approximate surface area is 212 Å². The van der Waals surface area contributed by atoms with Crippen LogP contribution in [0.1, 0.15) is 52.1 Å². The zero-order valence-corrected chi connectivity index (χ0v) is 19.9. The number of H-pyrrole nitrogens is 1. The van der Waals surface area contributed by atoms with Crippen molar-refractivity contribution in [2.45, 2.75) is 38.3 Å². The van der Waals surface area contributed by atoms with Crippen LogP contribution in [0.2, 0.25) is 0 Å². The summed E-state index contributed by atoms with van der Waals surface area (Å²) in [4.78, 5) is 37.1. The number of anilines is 1. The number of halogens is 2.